The third-order valence-electron chi connectivity index (χ3n) is 3.87. The maximum Gasteiger partial charge on any atom is 0.253 e. The van der Waals surface area contributed by atoms with E-state index in [0.717, 1.165) is 30.4 Å². The van der Waals surface area contributed by atoms with Gasteiger partial charge < -0.3 is 10.6 Å². The fraction of sp³-hybridized carbons (Fsp3) is 0.235. The molecule has 0 fully saturated rings. The van der Waals surface area contributed by atoms with E-state index in [0.29, 0.717) is 11.3 Å². The summed E-state index contributed by atoms with van der Waals surface area (Å²) < 4.78 is 0.837. The molecular formula is C17H17BrN2O. The predicted molar refractivity (Wildman–Crippen MR) is 88.3 cm³/mol. The van der Waals surface area contributed by atoms with Crippen LogP contribution in [0.15, 0.2) is 46.9 Å². The molecule has 0 aliphatic carbocycles. The standard InChI is InChI=1S/C17H17BrN2O/c18-15-9-14(10-16(19)11-15)17(21)20-7-5-12-3-1-2-4-13(12)6-8-20/h1-4,9-11H,5-8,19H2. The summed E-state index contributed by atoms with van der Waals surface area (Å²) >= 11 is 3.39. The van der Waals surface area contributed by atoms with E-state index in [1.165, 1.54) is 11.1 Å². The van der Waals surface area contributed by atoms with Gasteiger partial charge >= 0.3 is 0 Å². The largest absolute Gasteiger partial charge is 0.399 e. The van der Waals surface area contributed by atoms with Gasteiger partial charge in [0, 0.05) is 28.8 Å². The smallest absolute Gasteiger partial charge is 0.253 e. The quantitative estimate of drug-likeness (QED) is 0.807. The summed E-state index contributed by atoms with van der Waals surface area (Å²) in [6.45, 7) is 1.50. The first-order valence-corrected chi connectivity index (χ1v) is 7.85. The molecule has 0 atom stereocenters. The summed E-state index contributed by atoms with van der Waals surface area (Å²) in [6.07, 6.45) is 1.82. The van der Waals surface area contributed by atoms with Crippen molar-refractivity contribution in [3.8, 4) is 0 Å². The Hall–Kier alpha value is -1.81. The zero-order valence-corrected chi connectivity index (χ0v) is 13.3. The molecule has 4 heteroatoms. The lowest BCUT2D eigenvalue weighted by Gasteiger charge is -2.20. The van der Waals surface area contributed by atoms with Crippen LogP contribution >= 0.6 is 15.9 Å². The number of benzene rings is 2. The molecular weight excluding hydrogens is 328 g/mol. The van der Waals surface area contributed by atoms with Gasteiger partial charge in [0.05, 0.1) is 0 Å². The molecule has 0 spiro atoms. The van der Waals surface area contributed by atoms with E-state index in [9.17, 15) is 4.79 Å². The Morgan fingerprint density at radius 3 is 2.24 bits per heavy atom. The number of carbonyl (C=O) groups excluding carboxylic acids is 1. The second-order valence-electron chi connectivity index (χ2n) is 5.33. The number of halogens is 1. The Morgan fingerprint density at radius 1 is 1.05 bits per heavy atom. The molecule has 1 amide bonds. The van der Waals surface area contributed by atoms with Crippen LogP contribution in [0.25, 0.3) is 0 Å². The van der Waals surface area contributed by atoms with Crippen molar-refractivity contribution in [2.45, 2.75) is 12.8 Å². The van der Waals surface area contributed by atoms with Crippen LogP contribution in [-0.2, 0) is 12.8 Å². The van der Waals surface area contributed by atoms with E-state index in [1.54, 1.807) is 12.1 Å². The molecule has 2 aromatic carbocycles. The minimum Gasteiger partial charge on any atom is -0.399 e. The Kier molecular flexibility index (Phi) is 3.97. The van der Waals surface area contributed by atoms with Gasteiger partial charge in [-0.2, -0.15) is 0 Å². The highest BCUT2D eigenvalue weighted by Gasteiger charge is 2.20. The van der Waals surface area contributed by atoms with Gasteiger partial charge in [-0.15, -0.1) is 0 Å². The number of rotatable bonds is 1. The van der Waals surface area contributed by atoms with Crippen molar-refractivity contribution in [2.75, 3.05) is 18.8 Å². The number of nitrogen functional groups attached to an aromatic ring is 1. The third-order valence-corrected chi connectivity index (χ3v) is 4.33. The van der Waals surface area contributed by atoms with Crippen molar-refractivity contribution < 1.29 is 4.79 Å². The summed E-state index contributed by atoms with van der Waals surface area (Å²) in [7, 11) is 0. The predicted octanol–water partition coefficient (Wildman–Crippen LogP) is 3.27. The van der Waals surface area contributed by atoms with Gasteiger partial charge in [-0.3, -0.25) is 4.79 Å². The van der Waals surface area contributed by atoms with Crippen molar-refractivity contribution >= 4 is 27.5 Å². The number of anilines is 1. The minimum absolute atomic E-state index is 0.0517. The lowest BCUT2D eigenvalue weighted by Crippen LogP contribution is -2.33. The summed E-state index contributed by atoms with van der Waals surface area (Å²) in [5.74, 6) is 0.0517. The molecule has 2 aromatic rings. The summed E-state index contributed by atoms with van der Waals surface area (Å²) in [5.41, 5.74) is 9.77. The van der Waals surface area contributed by atoms with Crippen LogP contribution in [0.4, 0.5) is 5.69 Å². The van der Waals surface area contributed by atoms with Crippen molar-refractivity contribution in [2.24, 2.45) is 0 Å². The van der Waals surface area contributed by atoms with Gasteiger partial charge in [-0.1, -0.05) is 40.2 Å². The Labute approximate surface area is 132 Å². The molecule has 2 N–H and O–H groups in total. The molecule has 3 nitrogen and oxygen atoms in total. The maximum atomic E-state index is 12.7. The Balaban J connectivity index is 1.80. The first-order chi connectivity index (χ1) is 10.1. The fourth-order valence-corrected chi connectivity index (χ4v) is 3.30. The lowest BCUT2D eigenvalue weighted by atomic mass is 10.0. The molecule has 108 valence electrons. The first kappa shape index (κ1) is 14.1. The van der Waals surface area contributed by atoms with Crippen LogP contribution in [0.5, 0.6) is 0 Å². The molecule has 0 radical (unpaired) electrons. The zero-order valence-electron chi connectivity index (χ0n) is 11.7. The average Bonchev–Trinajstić information content (AvgIpc) is 2.68. The molecule has 1 heterocycles. The molecule has 21 heavy (non-hydrogen) atoms. The summed E-state index contributed by atoms with van der Waals surface area (Å²) in [6, 6.07) is 13.8. The highest BCUT2D eigenvalue weighted by atomic mass is 79.9. The molecule has 3 rings (SSSR count). The fourth-order valence-electron chi connectivity index (χ4n) is 2.79. The zero-order chi connectivity index (χ0) is 14.8. The van der Waals surface area contributed by atoms with Crippen LogP contribution in [0.1, 0.15) is 21.5 Å². The molecule has 0 aromatic heterocycles. The number of hydrogen-bond donors (Lipinski definition) is 1. The van der Waals surface area contributed by atoms with E-state index in [-0.39, 0.29) is 5.91 Å². The van der Waals surface area contributed by atoms with Crippen LogP contribution in [-0.4, -0.2) is 23.9 Å². The topological polar surface area (TPSA) is 46.3 Å². The first-order valence-electron chi connectivity index (χ1n) is 7.05. The third kappa shape index (κ3) is 3.10. The van der Waals surface area contributed by atoms with Gasteiger partial charge in [0.2, 0.25) is 0 Å². The van der Waals surface area contributed by atoms with Crippen LogP contribution < -0.4 is 5.73 Å². The van der Waals surface area contributed by atoms with E-state index >= 15 is 0 Å². The van der Waals surface area contributed by atoms with E-state index in [4.69, 9.17) is 5.73 Å². The van der Waals surface area contributed by atoms with Crippen LogP contribution in [0, 0.1) is 0 Å². The van der Waals surface area contributed by atoms with Crippen molar-refractivity contribution in [3.63, 3.8) is 0 Å². The second kappa shape index (κ2) is 5.90. The SMILES string of the molecule is Nc1cc(Br)cc(C(=O)N2CCc3ccccc3CC2)c1. The van der Waals surface area contributed by atoms with Crippen molar-refractivity contribution in [3.05, 3.63) is 63.6 Å². The number of fused-ring (bicyclic) bond motifs is 1. The minimum atomic E-state index is 0.0517. The second-order valence-corrected chi connectivity index (χ2v) is 6.25. The van der Waals surface area contributed by atoms with E-state index in [2.05, 4.69) is 40.2 Å². The van der Waals surface area contributed by atoms with E-state index in [1.807, 2.05) is 11.0 Å². The molecule has 0 bridgehead atoms. The van der Waals surface area contributed by atoms with Gasteiger partial charge in [-0.05, 0) is 42.2 Å². The van der Waals surface area contributed by atoms with Gasteiger partial charge in [-0.25, -0.2) is 0 Å². The van der Waals surface area contributed by atoms with Gasteiger partial charge in [0.25, 0.3) is 5.91 Å². The number of hydrogen-bond acceptors (Lipinski definition) is 2. The monoisotopic (exact) mass is 344 g/mol. The van der Waals surface area contributed by atoms with Crippen LogP contribution in [0.2, 0.25) is 0 Å². The summed E-state index contributed by atoms with van der Waals surface area (Å²) in [5, 5.41) is 0. The average molecular weight is 345 g/mol. The Bertz CT molecular complexity index is 637. The number of amides is 1. The summed E-state index contributed by atoms with van der Waals surface area (Å²) in [4.78, 5) is 14.6. The molecule has 1 aliphatic rings. The van der Waals surface area contributed by atoms with Crippen molar-refractivity contribution in [1.29, 1.82) is 0 Å². The van der Waals surface area contributed by atoms with Crippen LogP contribution in [0.3, 0.4) is 0 Å². The van der Waals surface area contributed by atoms with Gasteiger partial charge in [0.1, 0.15) is 0 Å². The normalized spacial score (nSPS) is 14.4. The lowest BCUT2D eigenvalue weighted by molar-refractivity contribution is 0.0763. The highest BCUT2D eigenvalue weighted by molar-refractivity contribution is 9.10. The maximum absolute atomic E-state index is 12.7. The molecule has 0 saturated heterocycles. The molecule has 0 saturated carbocycles. The van der Waals surface area contributed by atoms with E-state index < -0.39 is 0 Å². The number of nitrogens with zero attached hydrogens (tertiary/aromatic N) is 1. The molecule has 0 unspecified atom stereocenters. The number of nitrogens with two attached hydrogens (primary N) is 1. The van der Waals surface area contributed by atoms with Crippen molar-refractivity contribution in [1.82, 2.24) is 4.90 Å². The Morgan fingerprint density at radius 2 is 1.67 bits per heavy atom. The highest BCUT2D eigenvalue weighted by Crippen LogP contribution is 2.21. The molecule has 1 aliphatic heterocycles. The van der Waals surface area contributed by atoms with Gasteiger partial charge in [0.15, 0.2) is 0 Å². The number of carbonyl (C=O) groups is 1.